The maximum atomic E-state index is 5.54. The van der Waals surface area contributed by atoms with Gasteiger partial charge >= 0.3 is 0 Å². The average molecular weight is 249 g/mol. The molecule has 0 aromatic carbocycles. The number of hydrogen-bond donors (Lipinski definition) is 0. The van der Waals surface area contributed by atoms with Crippen LogP contribution < -0.4 is 0 Å². The van der Waals surface area contributed by atoms with E-state index >= 15 is 0 Å². The van der Waals surface area contributed by atoms with Gasteiger partial charge < -0.3 is 9.47 Å². The lowest BCUT2D eigenvalue weighted by molar-refractivity contribution is -0.0887. The molecule has 2 nitrogen and oxygen atoms in total. The molecule has 0 amide bonds. The molecule has 1 fully saturated rings. The molecule has 1 aliphatic heterocycles. The number of ether oxygens (including phenoxy) is 2. The highest BCUT2D eigenvalue weighted by Gasteiger charge is 2.17. The Bertz CT molecular complexity index is 255. The molecule has 0 aliphatic carbocycles. The first-order valence-corrected chi connectivity index (χ1v) is 5.42. The maximum Gasteiger partial charge on any atom is 0.115 e. The Labute approximate surface area is 83.6 Å². The molecule has 1 saturated heterocycles. The summed E-state index contributed by atoms with van der Waals surface area (Å²) in [7, 11) is 0. The lowest BCUT2D eigenvalue weighted by Crippen LogP contribution is -2.21. The van der Waals surface area contributed by atoms with Crippen molar-refractivity contribution in [3.63, 3.8) is 0 Å². The summed E-state index contributed by atoms with van der Waals surface area (Å²) < 4.78 is 12.0. The van der Waals surface area contributed by atoms with Crippen LogP contribution in [-0.2, 0) is 9.47 Å². The molecule has 4 heteroatoms. The third-order valence-electron chi connectivity index (χ3n) is 1.73. The Morgan fingerprint density at radius 1 is 1.42 bits per heavy atom. The van der Waals surface area contributed by atoms with Crippen LogP contribution in [0.5, 0.6) is 0 Å². The van der Waals surface area contributed by atoms with Gasteiger partial charge in [0.05, 0.1) is 23.6 Å². The van der Waals surface area contributed by atoms with Gasteiger partial charge in [-0.1, -0.05) is 0 Å². The smallest absolute Gasteiger partial charge is 0.115 e. The zero-order chi connectivity index (χ0) is 8.39. The summed E-state index contributed by atoms with van der Waals surface area (Å²) in [5.74, 6) is 0. The summed E-state index contributed by atoms with van der Waals surface area (Å²) in [6.45, 7) is 2.12. The van der Waals surface area contributed by atoms with Crippen LogP contribution in [0.15, 0.2) is 15.9 Å². The van der Waals surface area contributed by atoms with Gasteiger partial charge in [-0.15, -0.1) is 11.3 Å². The molecule has 2 rings (SSSR count). The van der Waals surface area contributed by atoms with Gasteiger partial charge in [0.15, 0.2) is 0 Å². The highest BCUT2D eigenvalue weighted by molar-refractivity contribution is 9.11. The van der Waals surface area contributed by atoms with E-state index in [4.69, 9.17) is 9.47 Å². The molecule has 0 N–H and O–H groups in total. The predicted molar refractivity (Wildman–Crippen MR) is 51.5 cm³/mol. The van der Waals surface area contributed by atoms with E-state index in [1.54, 1.807) is 11.3 Å². The largest absolute Gasteiger partial charge is 0.376 e. The first-order valence-electron chi connectivity index (χ1n) is 3.81. The van der Waals surface area contributed by atoms with Crippen molar-refractivity contribution in [3.05, 3.63) is 20.8 Å². The lowest BCUT2D eigenvalue weighted by atomic mass is 10.3. The Morgan fingerprint density at radius 3 is 2.92 bits per heavy atom. The quantitative estimate of drug-likeness (QED) is 0.761. The van der Waals surface area contributed by atoms with Crippen LogP contribution in [0.4, 0.5) is 0 Å². The Hall–Kier alpha value is 0.1000. The topological polar surface area (TPSA) is 18.5 Å². The van der Waals surface area contributed by atoms with Crippen LogP contribution in [0.25, 0.3) is 0 Å². The fraction of sp³-hybridized carbons (Fsp3) is 0.500. The predicted octanol–water partition coefficient (Wildman–Crippen LogP) is 2.60. The molecule has 66 valence electrons. The van der Waals surface area contributed by atoms with Crippen LogP contribution in [0.2, 0.25) is 0 Å². The summed E-state index contributed by atoms with van der Waals surface area (Å²) in [5, 5.41) is 0. The molecule has 2 heterocycles. The van der Waals surface area contributed by atoms with Crippen molar-refractivity contribution < 1.29 is 9.47 Å². The highest BCUT2D eigenvalue weighted by atomic mass is 79.9. The molecule has 0 bridgehead atoms. The van der Waals surface area contributed by atoms with E-state index in [1.165, 1.54) is 4.88 Å². The third-order valence-corrected chi connectivity index (χ3v) is 3.44. The van der Waals surface area contributed by atoms with E-state index < -0.39 is 0 Å². The Balaban J connectivity index is 2.08. The summed E-state index contributed by atoms with van der Waals surface area (Å²) in [6, 6.07) is 4.12. The Kier molecular flexibility index (Phi) is 2.80. The fourth-order valence-electron chi connectivity index (χ4n) is 1.15. The third kappa shape index (κ3) is 1.88. The minimum absolute atomic E-state index is 0.148. The SMILES string of the molecule is Brc1ccc(C2COCCO2)s1. The molecule has 12 heavy (non-hydrogen) atoms. The van der Waals surface area contributed by atoms with E-state index in [-0.39, 0.29) is 6.10 Å². The van der Waals surface area contributed by atoms with Crippen LogP contribution in [0.3, 0.4) is 0 Å². The van der Waals surface area contributed by atoms with E-state index in [0.29, 0.717) is 13.2 Å². The van der Waals surface area contributed by atoms with Crippen molar-refractivity contribution in [2.24, 2.45) is 0 Å². The number of halogens is 1. The second-order valence-corrected chi connectivity index (χ2v) is 5.07. The number of hydrogen-bond acceptors (Lipinski definition) is 3. The van der Waals surface area contributed by atoms with E-state index in [9.17, 15) is 0 Å². The van der Waals surface area contributed by atoms with Crippen molar-refractivity contribution in [1.29, 1.82) is 0 Å². The summed E-state index contributed by atoms with van der Waals surface area (Å²) in [5.41, 5.74) is 0. The van der Waals surface area contributed by atoms with Gasteiger partial charge in [0.1, 0.15) is 6.10 Å². The van der Waals surface area contributed by atoms with Crippen LogP contribution in [-0.4, -0.2) is 19.8 Å². The molecule has 1 aliphatic rings. The van der Waals surface area contributed by atoms with Crippen molar-refractivity contribution in [1.82, 2.24) is 0 Å². The van der Waals surface area contributed by atoms with Gasteiger partial charge in [-0.3, -0.25) is 0 Å². The van der Waals surface area contributed by atoms with Gasteiger partial charge in [-0.2, -0.15) is 0 Å². The normalized spacial score (nSPS) is 24.2. The zero-order valence-corrected chi connectivity index (χ0v) is 8.86. The van der Waals surface area contributed by atoms with Gasteiger partial charge in [-0.25, -0.2) is 0 Å². The molecule has 1 atom stereocenters. The van der Waals surface area contributed by atoms with Crippen LogP contribution >= 0.6 is 27.3 Å². The van der Waals surface area contributed by atoms with Crippen molar-refractivity contribution in [2.75, 3.05) is 19.8 Å². The molecule has 0 spiro atoms. The zero-order valence-electron chi connectivity index (χ0n) is 6.46. The number of thiophene rings is 1. The Morgan fingerprint density at radius 2 is 2.33 bits per heavy atom. The van der Waals surface area contributed by atoms with Crippen LogP contribution in [0, 0.1) is 0 Å². The fourth-order valence-corrected chi connectivity index (χ4v) is 2.61. The second-order valence-electron chi connectivity index (χ2n) is 2.58. The van der Waals surface area contributed by atoms with Gasteiger partial charge in [0.25, 0.3) is 0 Å². The monoisotopic (exact) mass is 248 g/mol. The molecular weight excluding hydrogens is 240 g/mol. The van der Waals surface area contributed by atoms with E-state index in [1.807, 2.05) is 6.07 Å². The summed E-state index contributed by atoms with van der Waals surface area (Å²) in [6.07, 6.45) is 0.148. The van der Waals surface area contributed by atoms with Crippen LogP contribution in [0.1, 0.15) is 11.0 Å². The molecule has 1 unspecified atom stereocenters. The number of rotatable bonds is 1. The minimum atomic E-state index is 0.148. The summed E-state index contributed by atoms with van der Waals surface area (Å²) >= 11 is 5.13. The first kappa shape index (κ1) is 8.69. The second kappa shape index (κ2) is 3.87. The minimum Gasteiger partial charge on any atom is -0.376 e. The van der Waals surface area contributed by atoms with Gasteiger partial charge in [-0.05, 0) is 28.1 Å². The van der Waals surface area contributed by atoms with E-state index in [2.05, 4.69) is 22.0 Å². The molecule has 1 aromatic rings. The maximum absolute atomic E-state index is 5.54. The van der Waals surface area contributed by atoms with Gasteiger partial charge in [0, 0.05) is 4.88 Å². The van der Waals surface area contributed by atoms with Crippen molar-refractivity contribution >= 4 is 27.3 Å². The van der Waals surface area contributed by atoms with Crippen molar-refractivity contribution in [2.45, 2.75) is 6.10 Å². The summed E-state index contributed by atoms with van der Waals surface area (Å²) in [4.78, 5) is 1.24. The average Bonchev–Trinajstić information content (AvgIpc) is 2.54. The molecule has 0 saturated carbocycles. The molecular formula is C8H9BrO2S. The molecule has 1 aromatic heterocycles. The van der Waals surface area contributed by atoms with E-state index in [0.717, 1.165) is 10.4 Å². The first-order chi connectivity index (χ1) is 5.86. The van der Waals surface area contributed by atoms with Crippen molar-refractivity contribution in [3.8, 4) is 0 Å². The lowest BCUT2D eigenvalue weighted by Gasteiger charge is -2.21. The standard InChI is InChI=1S/C8H9BrO2S/c9-8-2-1-7(12-8)6-5-10-3-4-11-6/h1-2,6H,3-5H2. The molecule has 0 radical (unpaired) electrons. The van der Waals surface area contributed by atoms with Gasteiger partial charge in [0.2, 0.25) is 0 Å². The highest BCUT2D eigenvalue weighted by Crippen LogP contribution is 2.30.